The van der Waals surface area contributed by atoms with Gasteiger partial charge in [0, 0.05) is 37.5 Å². The number of alkyl halides is 3. The number of benzene rings is 2. The van der Waals surface area contributed by atoms with E-state index in [0.29, 0.717) is 50.3 Å². The normalized spacial score (nSPS) is 18.2. The van der Waals surface area contributed by atoms with Crippen LogP contribution in [0.3, 0.4) is 0 Å². The fraction of sp³-hybridized carbons (Fsp3) is 0.400. The van der Waals surface area contributed by atoms with E-state index in [2.05, 4.69) is 9.72 Å². The molecule has 5 rings (SSSR count). The summed E-state index contributed by atoms with van der Waals surface area (Å²) in [5, 5.41) is 0.257. The Hall–Kier alpha value is -2.89. The lowest BCUT2D eigenvalue weighted by molar-refractivity contribution is -0.274. The summed E-state index contributed by atoms with van der Waals surface area (Å²) in [6, 6.07) is 10.3. The van der Waals surface area contributed by atoms with E-state index in [-0.39, 0.29) is 15.2 Å². The molecule has 0 atom stereocenters. The van der Waals surface area contributed by atoms with Crippen LogP contribution in [0.4, 0.5) is 18.9 Å². The van der Waals surface area contributed by atoms with Crippen LogP contribution < -0.4 is 9.64 Å². The van der Waals surface area contributed by atoms with Crippen molar-refractivity contribution in [3.8, 4) is 5.75 Å². The number of halogens is 3. The standard InChI is InChI=1S/C25H25F3N2O5S/c1-2-17-3-6-19(7-4-17)36(31,32)22-16-29-21-8-5-18(35-25(26,27)28)15-20(21)23(22)30-11-9-24(10-12-30)33-13-14-34-24/h3-8,15-16H,2,9-14H2,1H3. The molecule has 0 bridgehead atoms. The molecule has 1 aromatic heterocycles. The molecule has 3 aromatic rings. The molecule has 3 heterocycles. The maximum absolute atomic E-state index is 13.8. The number of ether oxygens (including phenoxy) is 3. The SMILES string of the molecule is CCc1ccc(S(=O)(=O)c2cnc3ccc(OC(F)(F)F)cc3c2N2CCC3(CC2)OCCO3)cc1. The first-order valence-electron chi connectivity index (χ1n) is 11.7. The molecule has 0 amide bonds. The third kappa shape index (κ3) is 4.74. The highest BCUT2D eigenvalue weighted by molar-refractivity contribution is 7.91. The van der Waals surface area contributed by atoms with Crippen molar-refractivity contribution in [1.29, 1.82) is 0 Å². The average Bonchev–Trinajstić information content (AvgIpc) is 3.30. The fourth-order valence-electron chi connectivity index (χ4n) is 4.75. The second kappa shape index (κ2) is 9.20. The van der Waals surface area contributed by atoms with Crippen molar-refractivity contribution < 1.29 is 35.8 Å². The van der Waals surface area contributed by atoms with Gasteiger partial charge in [-0.25, -0.2) is 8.42 Å². The number of rotatable bonds is 5. The Kier molecular flexibility index (Phi) is 6.34. The molecule has 0 saturated carbocycles. The molecule has 0 aliphatic carbocycles. The molecule has 0 radical (unpaired) electrons. The van der Waals surface area contributed by atoms with Gasteiger partial charge in [-0.15, -0.1) is 13.2 Å². The lowest BCUT2D eigenvalue weighted by atomic mass is 10.0. The van der Waals surface area contributed by atoms with Gasteiger partial charge in [-0.2, -0.15) is 0 Å². The van der Waals surface area contributed by atoms with E-state index in [9.17, 15) is 21.6 Å². The molecular formula is C25H25F3N2O5S. The highest BCUT2D eigenvalue weighted by Gasteiger charge is 2.41. The number of hydrogen-bond acceptors (Lipinski definition) is 7. The zero-order valence-corrected chi connectivity index (χ0v) is 20.4. The van der Waals surface area contributed by atoms with Crippen LogP contribution in [0.2, 0.25) is 0 Å². The summed E-state index contributed by atoms with van der Waals surface area (Å²) >= 11 is 0. The van der Waals surface area contributed by atoms with Gasteiger partial charge in [0.2, 0.25) is 9.84 Å². The second-order valence-corrected chi connectivity index (χ2v) is 10.7. The Labute approximate surface area is 206 Å². The summed E-state index contributed by atoms with van der Waals surface area (Å²) in [7, 11) is -4.04. The van der Waals surface area contributed by atoms with Gasteiger partial charge in [0.1, 0.15) is 10.6 Å². The summed E-state index contributed by atoms with van der Waals surface area (Å²) in [4.78, 5) is 6.14. The van der Waals surface area contributed by atoms with Gasteiger partial charge >= 0.3 is 6.36 Å². The number of hydrogen-bond donors (Lipinski definition) is 0. The van der Waals surface area contributed by atoms with E-state index in [0.717, 1.165) is 18.1 Å². The smallest absolute Gasteiger partial charge is 0.406 e. The molecule has 36 heavy (non-hydrogen) atoms. The topological polar surface area (TPSA) is 78.0 Å². The Morgan fingerprint density at radius 2 is 1.72 bits per heavy atom. The lowest BCUT2D eigenvalue weighted by Crippen LogP contribution is -2.45. The van der Waals surface area contributed by atoms with Gasteiger partial charge in [0.25, 0.3) is 0 Å². The van der Waals surface area contributed by atoms with E-state index < -0.39 is 27.7 Å². The van der Waals surface area contributed by atoms with Gasteiger partial charge in [0.05, 0.1) is 29.3 Å². The third-order valence-corrected chi connectivity index (χ3v) is 8.37. The van der Waals surface area contributed by atoms with Crippen molar-refractivity contribution in [3.05, 3.63) is 54.2 Å². The first kappa shape index (κ1) is 24.8. The minimum atomic E-state index is -4.89. The van der Waals surface area contributed by atoms with Crippen LogP contribution in [0, 0.1) is 0 Å². The number of anilines is 1. The maximum Gasteiger partial charge on any atom is 0.573 e. The van der Waals surface area contributed by atoms with E-state index >= 15 is 0 Å². The van der Waals surface area contributed by atoms with Crippen LogP contribution in [0.1, 0.15) is 25.3 Å². The molecule has 2 fully saturated rings. The zero-order valence-electron chi connectivity index (χ0n) is 19.5. The number of nitrogens with zero attached hydrogens (tertiary/aromatic N) is 2. The highest BCUT2D eigenvalue weighted by Crippen LogP contribution is 2.41. The Bertz CT molecular complexity index is 1360. The number of piperidine rings is 1. The zero-order chi connectivity index (χ0) is 25.6. The Balaban J connectivity index is 1.64. The van der Waals surface area contributed by atoms with Crippen LogP contribution in [0.5, 0.6) is 5.75 Å². The van der Waals surface area contributed by atoms with E-state index in [1.54, 1.807) is 12.1 Å². The summed E-state index contributed by atoms with van der Waals surface area (Å²) in [6.07, 6.45) is -1.89. The Morgan fingerprint density at radius 1 is 1.06 bits per heavy atom. The molecule has 11 heteroatoms. The van der Waals surface area contributed by atoms with Gasteiger partial charge in [-0.05, 0) is 42.3 Å². The molecule has 7 nitrogen and oxygen atoms in total. The quantitative estimate of drug-likeness (QED) is 0.473. The van der Waals surface area contributed by atoms with Crippen LogP contribution in [-0.2, 0) is 25.7 Å². The summed E-state index contributed by atoms with van der Waals surface area (Å²) in [5.74, 6) is -1.16. The van der Waals surface area contributed by atoms with Crippen molar-refractivity contribution in [3.63, 3.8) is 0 Å². The van der Waals surface area contributed by atoms with Crippen LogP contribution in [-0.4, -0.2) is 51.9 Å². The summed E-state index contributed by atoms with van der Waals surface area (Å²) in [5.41, 5.74) is 1.63. The van der Waals surface area contributed by atoms with Crippen molar-refractivity contribution in [2.75, 3.05) is 31.2 Å². The number of aryl methyl sites for hydroxylation is 1. The number of sulfone groups is 1. The van der Waals surface area contributed by atoms with Gasteiger partial charge in [-0.1, -0.05) is 19.1 Å². The molecule has 0 N–H and O–H groups in total. The van der Waals surface area contributed by atoms with E-state index in [1.807, 2.05) is 11.8 Å². The molecule has 2 aliphatic heterocycles. The highest BCUT2D eigenvalue weighted by atomic mass is 32.2. The van der Waals surface area contributed by atoms with Crippen molar-refractivity contribution in [2.45, 2.75) is 48.1 Å². The first-order chi connectivity index (χ1) is 17.1. The maximum atomic E-state index is 13.8. The summed E-state index contributed by atoms with van der Waals surface area (Å²) in [6.45, 7) is 3.73. The van der Waals surface area contributed by atoms with Gasteiger partial charge in [-0.3, -0.25) is 4.98 Å². The van der Waals surface area contributed by atoms with Gasteiger partial charge < -0.3 is 19.1 Å². The number of pyridine rings is 1. The minimum Gasteiger partial charge on any atom is -0.406 e. The average molecular weight is 523 g/mol. The first-order valence-corrected chi connectivity index (χ1v) is 13.1. The predicted molar refractivity (Wildman–Crippen MR) is 126 cm³/mol. The van der Waals surface area contributed by atoms with E-state index in [4.69, 9.17) is 9.47 Å². The van der Waals surface area contributed by atoms with Crippen LogP contribution in [0.25, 0.3) is 10.9 Å². The molecular weight excluding hydrogens is 497 g/mol. The van der Waals surface area contributed by atoms with Crippen molar-refractivity contribution in [1.82, 2.24) is 4.98 Å². The lowest BCUT2D eigenvalue weighted by Gasteiger charge is -2.39. The van der Waals surface area contributed by atoms with Crippen molar-refractivity contribution >= 4 is 26.4 Å². The molecule has 192 valence electrons. The molecule has 1 spiro atoms. The Morgan fingerprint density at radius 3 is 2.33 bits per heavy atom. The monoisotopic (exact) mass is 522 g/mol. The fourth-order valence-corrected chi connectivity index (χ4v) is 6.18. The molecule has 2 saturated heterocycles. The minimum absolute atomic E-state index is 0.0763. The molecule has 0 unspecified atom stereocenters. The van der Waals surface area contributed by atoms with Crippen LogP contribution >= 0.6 is 0 Å². The third-order valence-electron chi connectivity index (χ3n) is 6.60. The summed E-state index contributed by atoms with van der Waals surface area (Å²) < 4.78 is 82.1. The largest absolute Gasteiger partial charge is 0.573 e. The number of fused-ring (bicyclic) bond motifs is 1. The molecule has 2 aliphatic rings. The molecule has 2 aromatic carbocycles. The predicted octanol–water partition coefficient (Wildman–Crippen LogP) is 4.87. The van der Waals surface area contributed by atoms with Gasteiger partial charge in [0.15, 0.2) is 5.79 Å². The van der Waals surface area contributed by atoms with E-state index in [1.165, 1.54) is 30.5 Å². The van der Waals surface area contributed by atoms with Crippen molar-refractivity contribution in [2.24, 2.45) is 0 Å². The van der Waals surface area contributed by atoms with Crippen LogP contribution in [0.15, 0.2) is 58.5 Å². The number of aromatic nitrogens is 1. The second-order valence-electron chi connectivity index (χ2n) is 8.79.